The smallest absolute Gasteiger partial charge is 0.404 e. The third kappa shape index (κ3) is 6.71. The molecule has 46 heavy (non-hydrogen) atoms. The molecule has 0 aromatic rings. The third-order valence-corrected chi connectivity index (χ3v) is 13.1. The maximum Gasteiger partial charge on any atom is 0.481 e. The lowest BCUT2D eigenvalue weighted by molar-refractivity contribution is -0.525. The fraction of sp³-hybridized carbons (Fsp3) is 0.912. The van der Waals surface area contributed by atoms with Gasteiger partial charge in [0.15, 0.2) is 5.03 Å². The number of hydrogen-bond donors (Lipinski definition) is 3. The fourth-order valence-electron chi connectivity index (χ4n) is 11.4. The number of nitrogens with one attached hydrogen (secondary N) is 2. The molecule has 6 atom stereocenters. The maximum atomic E-state index is 14.1. The van der Waals surface area contributed by atoms with Gasteiger partial charge in [0, 0.05) is 25.3 Å². The topological polar surface area (TPSA) is 158 Å². The predicted octanol–water partition coefficient (Wildman–Crippen LogP) is 4.84. The molecular weight excluding hydrogens is 585 g/mol. The lowest BCUT2D eigenvalue weighted by atomic mass is 9.43. The molecule has 0 aromatic heterocycles. The van der Waals surface area contributed by atoms with Crippen molar-refractivity contribution in [2.75, 3.05) is 6.54 Å². The average molecular weight is 642 g/mol. The lowest BCUT2D eigenvalue weighted by Crippen LogP contribution is -2.65. The summed E-state index contributed by atoms with van der Waals surface area (Å²) in [6.45, 7) is 11.4. The standard InChI is InChI=1S/C34H56BN5O6/c1-20(2)9-29(35-45-28-15-25-14-27(32(25,3)4)33(28,5)46-35)38-30(42)24(7-6-8-37-31(36)39-40(43)44)13-26(41)19-34-16-21-10-22(17-34)12-23(11-21)18-34/h20-25,27-29H,6-19H2,1-5H3,(H,38,42)(H3,36,37,39)/t21?,22?,23?,24-,25-,27-,28-,29+,33+,34?/m1/s1. The van der Waals surface area contributed by atoms with Gasteiger partial charge in [-0.15, -0.1) is 0 Å². The van der Waals surface area contributed by atoms with Crippen LogP contribution in [0.4, 0.5) is 0 Å². The number of nitro groups is 1. The Labute approximate surface area is 274 Å². The molecule has 256 valence electrons. The van der Waals surface area contributed by atoms with Crippen molar-refractivity contribution in [2.24, 2.45) is 63.0 Å². The van der Waals surface area contributed by atoms with Gasteiger partial charge in [-0.3, -0.25) is 9.59 Å². The largest absolute Gasteiger partial charge is 0.481 e. The molecule has 0 unspecified atom stereocenters. The van der Waals surface area contributed by atoms with E-state index < -0.39 is 18.1 Å². The Morgan fingerprint density at radius 1 is 1.07 bits per heavy atom. The number of hydrazine groups is 1. The first-order valence-corrected chi connectivity index (χ1v) is 18.0. The highest BCUT2D eigenvalue weighted by Gasteiger charge is 2.68. The number of guanidine groups is 1. The Morgan fingerprint density at radius 2 is 1.72 bits per heavy atom. The van der Waals surface area contributed by atoms with Crippen LogP contribution < -0.4 is 16.5 Å². The molecule has 8 fully saturated rings. The van der Waals surface area contributed by atoms with Crippen molar-refractivity contribution in [3.05, 3.63) is 10.1 Å². The van der Waals surface area contributed by atoms with E-state index in [1.165, 1.54) is 19.3 Å². The van der Waals surface area contributed by atoms with E-state index in [1.807, 2.05) is 5.43 Å². The van der Waals surface area contributed by atoms with Gasteiger partial charge >= 0.3 is 7.12 Å². The van der Waals surface area contributed by atoms with E-state index in [0.717, 1.165) is 49.9 Å². The summed E-state index contributed by atoms with van der Waals surface area (Å²) in [6, 6.07) is 0. The van der Waals surface area contributed by atoms with Gasteiger partial charge in [0.2, 0.25) is 5.91 Å². The summed E-state index contributed by atoms with van der Waals surface area (Å²) >= 11 is 0. The van der Waals surface area contributed by atoms with Crippen molar-refractivity contribution < 1.29 is 23.9 Å². The quantitative estimate of drug-likeness (QED) is 0.0607. The van der Waals surface area contributed by atoms with Crippen LogP contribution in [0.3, 0.4) is 0 Å². The molecular formula is C34H56BN5O6. The Hall–Kier alpha value is -2.21. The molecule has 4 N–H and O–H groups in total. The normalized spacial score (nSPS) is 38.2. The Bertz CT molecular complexity index is 1190. The molecule has 0 radical (unpaired) electrons. The summed E-state index contributed by atoms with van der Waals surface area (Å²) in [5.41, 5.74) is 7.44. The summed E-state index contributed by atoms with van der Waals surface area (Å²) in [5.74, 6) is 2.56. The van der Waals surface area contributed by atoms with Crippen molar-refractivity contribution in [1.82, 2.24) is 10.7 Å². The van der Waals surface area contributed by atoms with Crippen LogP contribution in [0, 0.1) is 62.4 Å². The van der Waals surface area contributed by atoms with E-state index in [-0.39, 0.29) is 59.1 Å². The molecule has 1 heterocycles. The molecule has 8 aliphatic rings. The Balaban J connectivity index is 1.13. The molecule has 0 spiro atoms. The molecule has 12 heteroatoms. The minimum absolute atomic E-state index is 0.0228. The lowest BCUT2D eigenvalue weighted by Gasteiger charge is -2.64. The summed E-state index contributed by atoms with van der Waals surface area (Å²) in [7, 11) is -0.530. The number of nitrogens with zero attached hydrogens (tertiary/aromatic N) is 2. The van der Waals surface area contributed by atoms with E-state index in [1.54, 1.807) is 0 Å². The van der Waals surface area contributed by atoms with E-state index in [0.29, 0.717) is 43.4 Å². The average Bonchev–Trinajstić information content (AvgIpc) is 3.29. The molecule has 8 rings (SSSR count). The summed E-state index contributed by atoms with van der Waals surface area (Å²) in [6.07, 6.45) is 12.0. The summed E-state index contributed by atoms with van der Waals surface area (Å²) in [4.78, 5) is 42.6. The van der Waals surface area contributed by atoms with E-state index in [9.17, 15) is 19.7 Å². The highest BCUT2D eigenvalue weighted by atomic mass is 16.7. The SMILES string of the molecule is CC(C)C[C@H](NC(=O)[C@H](CCCN=C(N)N[N+](=O)[O-])CC(=O)CC12CC3CC(CC(C3)C1)C2)B1O[C@@H]2C[C@H]3C[C@H](C3(C)C)[C@]2(C)O1. The minimum Gasteiger partial charge on any atom is -0.404 e. The Kier molecular flexibility index (Phi) is 9.28. The van der Waals surface area contributed by atoms with Crippen molar-refractivity contribution in [2.45, 2.75) is 136 Å². The van der Waals surface area contributed by atoms with Crippen molar-refractivity contribution in [1.29, 1.82) is 0 Å². The number of amides is 1. The van der Waals surface area contributed by atoms with Gasteiger partial charge in [0.1, 0.15) is 5.78 Å². The van der Waals surface area contributed by atoms with Gasteiger partial charge in [-0.2, -0.15) is 0 Å². The van der Waals surface area contributed by atoms with Gasteiger partial charge in [-0.1, -0.05) is 33.1 Å². The molecule has 1 saturated heterocycles. The highest BCUT2D eigenvalue weighted by molar-refractivity contribution is 6.47. The second-order valence-electron chi connectivity index (χ2n) is 17.4. The number of carbonyl (C=O) groups excluding carboxylic acids is 2. The van der Waals surface area contributed by atoms with Gasteiger partial charge in [-0.25, -0.2) is 15.1 Å². The second kappa shape index (κ2) is 12.7. The zero-order valence-corrected chi connectivity index (χ0v) is 28.6. The van der Waals surface area contributed by atoms with Crippen LogP contribution in [0.25, 0.3) is 0 Å². The molecule has 7 aliphatic carbocycles. The second-order valence-corrected chi connectivity index (χ2v) is 17.4. The summed E-state index contributed by atoms with van der Waals surface area (Å²) < 4.78 is 13.4. The number of rotatable bonds is 14. The fourth-order valence-corrected chi connectivity index (χ4v) is 11.4. The molecule has 0 aromatic carbocycles. The molecule has 6 bridgehead atoms. The molecule has 1 aliphatic heterocycles. The third-order valence-electron chi connectivity index (χ3n) is 13.1. The first-order chi connectivity index (χ1) is 21.7. The highest BCUT2D eigenvalue weighted by Crippen LogP contribution is 2.66. The first-order valence-electron chi connectivity index (χ1n) is 18.0. The van der Waals surface area contributed by atoms with Crippen LogP contribution in [0.2, 0.25) is 0 Å². The van der Waals surface area contributed by atoms with Crippen LogP contribution >= 0.6 is 0 Å². The first kappa shape index (κ1) is 33.7. The van der Waals surface area contributed by atoms with Gasteiger partial charge in [0.25, 0.3) is 5.96 Å². The van der Waals surface area contributed by atoms with Crippen molar-refractivity contribution in [3.63, 3.8) is 0 Å². The van der Waals surface area contributed by atoms with Crippen LogP contribution in [0.5, 0.6) is 0 Å². The minimum atomic E-state index is -0.749. The monoisotopic (exact) mass is 641 g/mol. The molecule has 1 amide bonds. The number of nitrogens with two attached hydrogens (primary N) is 1. The van der Waals surface area contributed by atoms with E-state index in [4.69, 9.17) is 15.0 Å². The number of hydrogen-bond acceptors (Lipinski definition) is 7. The Morgan fingerprint density at radius 3 is 2.30 bits per heavy atom. The number of aliphatic imine (C=N–C) groups is 1. The van der Waals surface area contributed by atoms with Crippen LogP contribution in [-0.4, -0.2) is 54.0 Å². The van der Waals surface area contributed by atoms with Gasteiger partial charge < -0.3 is 20.4 Å². The van der Waals surface area contributed by atoms with Crippen LogP contribution in [0.15, 0.2) is 4.99 Å². The zero-order chi connectivity index (χ0) is 33.0. The predicted molar refractivity (Wildman–Crippen MR) is 176 cm³/mol. The molecule has 11 nitrogen and oxygen atoms in total. The number of carbonyl (C=O) groups is 2. The van der Waals surface area contributed by atoms with Crippen LogP contribution in [0.1, 0.15) is 118 Å². The van der Waals surface area contributed by atoms with Crippen LogP contribution in [-0.2, 0) is 18.9 Å². The van der Waals surface area contributed by atoms with Gasteiger partial charge in [0.05, 0.1) is 17.6 Å². The molecule has 7 saturated carbocycles. The van der Waals surface area contributed by atoms with Gasteiger partial charge in [-0.05, 0) is 124 Å². The zero-order valence-electron chi connectivity index (χ0n) is 28.6. The van der Waals surface area contributed by atoms with Crippen molar-refractivity contribution >= 4 is 24.8 Å². The number of Topliss-reactive ketones (excluding diaryl/α,β-unsaturated/α-hetero) is 1. The van der Waals surface area contributed by atoms with E-state index in [2.05, 4.69) is 44.9 Å². The van der Waals surface area contributed by atoms with Crippen molar-refractivity contribution in [3.8, 4) is 0 Å². The summed E-state index contributed by atoms with van der Waals surface area (Å²) in [5, 5.41) is 13.2. The van der Waals surface area contributed by atoms with E-state index >= 15 is 0 Å². The maximum absolute atomic E-state index is 14.1. The number of ketones is 1.